The van der Waals surface area contributed by atoms with E-state index in [1.54, 1.807) is 61.3 Å². The molecule has 0 saturated carbocycles. The summed E-state index contributed by atoms with van der Waals surface area (Å²) < 4.78 is 38.3. The van der Waals surface area contributed by atoms with Gasteiger partial charge in [-0.2, -0.15) is 5.10 Å². The minimum Gasteiger partial charge on any atom is -0.452 e. The number of anilines is 1. The molecule has 1 N–H and O–H groups in total. The van der Waals surface area contributed by atoms with Crippen molar-refractivity contribution in [3.63, 3.8) is 0 Å². The Morgan fingerprint density at radius 3 is 2.36 bits per heavy atom. The summed E-state index contributed by atoms with van der Waals surface area (Å²) in [5.41, 5.74) is -0.691. The van der Waals surface area contributed by atoms with E-state index in [0.717, 1.165) is 29.0 Å². The number of rotatable bonds is 7. The molecule has 4 heterocycles. The molecular formula is C31H23F2N7O4. The van der Waals surface area contributed by atoms with Crippen LogP contribution in [0.4, 0.5) is 14.5 Å². The monoisotopic (exact) mass is 595 g/mol. The van der Waals surface area contributed by atoms with Crippen molar-refractivity contribution in [1.29, 1.82) is 0 Å². The molecule has 0 atom stereocenters. The lowest BCUT2D eigenvalue weighted by Crippen LogP contribution is -2.42. The van der Waals surface area contributed by atoms with Gasteiger partial charge < -0.3 is 10.1 Å². The third-order valence-corrected chi connectivity index (χ3v) is 6.70. The fourth-order valence-electron chi connectivity index (χ4n) is 4.54. The zero-order valence-electron chi connectivity index (χ0n) is 23.3. The molecule has 0 aliphatic heterocycles. The van der Waals surface area contributed by atoms with E-state index in [9.17, 15) is 18.8 Å². The van der Waals surface area contributed by atoms with Gasteiger partial charge >= 0.3 is 5.69 Å². The van der Waals surface area contributed by atoms with Crippen LogP contribution in [0.15, 0.2) is 101 Å². The van der Waals surface area contributed by atoms with Crippen molar-refractivity contribution in [1.82, 2.24) is 28.7 Å². The molecular weight excluding hydrogens is 572 g/mol. The van der Waals surface area contributed by atoms with E-state index in [4.69, 9.17) is 4.74 Å². The second-order valence-corrected chi connectivity index (χ2v) is 9.97. The number of carbonyl (C=O) groups excluding carboxylic acids is 1. The largest absolute Gasteiger partial charge is 0.452 e. The molecule has 6 rings (SSSR count). The number of benzene rings is 2. The van der Waals surface area contributed by atoms with E-state index in [1.807, 2.05) is 0 Å². The van der Waals surface area contributed by atoms with Gasteiger partial charge in [-0.15, -0.1) is 0 Å². The molecule has 0 aliphatic carbocycles. The Morgan fingerprint density at radius 1 is 0.909 bits per heavy atom. The Morgan fingerprint density at radius 2 is 1.66 bits per heavy atom. The van der Waals surface area contributed by atoms with Crippen molar-refractivity contribution in [2.45, 2.75) is 19.9 Å². The van der Waals surface area contributed by atoms with Crippen LogP contribution in [-0.4, -0.2) is 34.6 Å². The van der Waals surface area contributed by atoms with Gasteiger partial charge in [-0.1, -0.05) is 0 Å². The predicted molar refractivity (Wildman–Crippen MR) is 157 cm³/mol. The summed E-state index contributed by atoms with van der Waals surface area (Å²) in [7, 11) is 0. The first-order chi connectivity index (χ1) is 21.2. The van der Waals surface area contributed by atoms with Crippen molar-refractivity contribution < 1.29 is 18.3 Å². The summed E-state index contributed by atoms with van der Waals surface area (Å²) in [5.74, 6) is -1.63. The van der Waals surface area contributed by atoms with Gasteiger partial charge in [0, 0.05) is 48.1 Å². The lowest BCUT2D eigenvalue weighted by atomic mass is 10.2. The first-order valence-corrected chi connectivity index (χ1v) is 13.4. The topological polar surface area (TPSA) is 125 Å². The quantitative estimate of drug-likeness (QED) is 0.275. The van der Waals surface area contributed by atoms with Gasteiger partial charge in [-0.25, -0.2) is 32.6 Å². The Labute approximate surface area is 247 Å². The van der Waals surface area contributed by atoms with Crippen LogP contribution < -0.4 is 21.3 Å². The van der Waals surface area contributed by atoms with Crippen molar-refractivity contribution >= 4 is 17.1 Å². The van der Waals surface area contributed by atoms with Gasteiger partial charge in [0.15, 0.2) is 23.1 Å². The Hall–Kier alpha value is -5.98. The molecule has 44 heavy (non-hydrogen) atoms. The van der Waals surface area contributed by atoms with Crippen LogP contribution >= 0.6 is 0 Å². The number of halogens is 2. The highest BCUT2D eigenvalue weighted by Crippen LogP contribution is 2.32. The molecule has 11 nitrogen and oxygen atoms in total. The number of nitrogens with zero attached hydrogens (tertiary/aromatic N) is 6. The summed E-state index contributed by atoms with van der Waals surface area (Å²) in [6, 6.07) is 13.1. The number of hydrogen-bond donors (Lipinski definition) is 1. The number of hydrogen-bond acceptors (Lipinski definition) is 7. The number of pyridine rings is 1. The molecule has 13 heteroatoms. The summed E-state index contributed by atoms with van der Waals surface area (Å²) >= 11 is 0. The van der Waals surface area contributed by atoms with Crippen molar-refractivity contribution in [2.75, 3.05) is 5.32 Å². The second kappa shape index (κ2) is 11.4. The van der Waals surface area contributed by atoms with E-state index in [-0.39, 0.29) is 22.7 Å². The highest BCUT2D eigenvalue weighted by molar-refractivity contribution is 6.03. The Kier molecular flexibility index (Phi) is 7.27. The SMILES string of the molecule is CC(C)n1cc(C(=O)Nc2ccc(Oc3cc(-c4ncccn4)cn4nccc34)c(F)c2)c(=O)n(-c2ccc(F)cc2)c1=O. The van der Waals surface area contributed by atoms with Crippen molar-refractivity contribution in [3.8, 4) is 28.6 Å². The predicted octanol–water partition coefficient (Wildman–Crippen LogP) is 5.01. The lowest BCUT2D eigenvalue weighted by molar-refractivity contribution is 0.102. The smallest absolute Gasteiger partial charge is 0.335 e. The molecule has 0 aliphatic rings. The molecule has 0 fully saturated rings. The van der Waals surface area contributed by atoms with E-state index in [2.05, 4.69) is 20.4 Å². The van der Waals surface area contributed by atoms with Gasteiger partial charge in [-0.3, -0.25) is 14.2 Å². The fraction of sp³-hybridized carbons (Fsp3) is 0.0968. The summed E-state index contributed by atoms with van der Waals surface area (Å²) in [5, 5.41) is 6.75. The minimum atomic E-state index is -0.913. The molecule has 1 amide bonds. The first kappa shape index (κ1) is 28.2. The van der Waals surface area contributed by atoms with E-state index < -0.39 is 34.8 Å². The summed E-state index contributed by atoms with van der Waals surface area (Å²) in [6.45, 7) is 3.41. The number of amides is 1. The second-order valence-electron chi connectivity index (χ2n) is 9.97. The zero-order chi connectivity index (χ0) is 31.0. The number of nitrogens with one attached hydrogen (secondary N) is 1. The number of aromatic nitrogens is 6. The molecule has 6 aromatic rings. The molecule has 220 valence electrons. The van der Waals surface area contributed by atoms with Gasteiger partial charge in [0.2, 0.25) is 0 Å². The molecule has 0 radical (unpaired) electrons. The normalized spacial score (nSPS) is 11.2. The van der Waals surface area contributed by atoms with E-state index in [0.29, 0.717) is 22.7 Å². The average molecular weight is 596 g/mol. The third-order valence-electron chi connectivity index (χ3n) is 6.70. The molecule has 2 aromatic carbocycles. The number of fused-ring (bicyclic) bond motifs is 1. The van der Waals surface area contributed by atoms with Crippen LogP contribution in [0.3, 0.4) is 0 Å². The highest BCUT2D eigenvalue weighted by atomic mass is 19.1. The van der Waals surface area contributed by atoms with E-state index in [1.165, 1.54) is 28.8 Å². The van der Waals surface area contributed by atoms with Crippen LogP contribution in [0.2, 0.25) is 0 Å². The maximum absolute atomic E-state index is 15.3. The van der Waals surface area contributed by atoms with E-state index >= 15 is 4.39 Å². The average Bonchev–Trinajstić information content (AvgIpc) is 3.49. The van der Waals surface area contributed by atoms with Gasteiger partial charge in [0.05, 0.1) is 11.9 Å². The first-order valence-electron chi connectivity index (χ1n) is 13.4. The minimum absolute atomic E-state index is 0.0378. The maximum Gasteiger partial charge on any atom is 0.335 e. The van der Waals surface area contributed by atoms with Gasteiger partial charge in [0.25, 0.3) is 11.5 Å². The van der Waals surface area contributed by atoms with Gasteiger partial charge in [0.1, 0.15) is 16.9 Å². The summed E-state index contributed by atoms with van der Waals surface area (Å²) in [4.78, 5) is 48.1. The molecule has 0 bridgehead atoms. The Bertz CT molecular complexity index is 2140. The highest BCUT2D eigenvalue weighted by Gasteiger charge is 2.21. The number of carbonyl (C=O) groups is 1. The van der Waals surface area contributed by atoms with Crippen LogP contribution in [-0.2, 0) is 0 Å². The molecule has 0 unspecified atom stereocenters. The van der Waals surface area contributed by atoms with Crippen LogP contribution in [0.1, 0.15) is 30.2 Å². The Balaban J connectivity index is 1.30. The van der Waals surface area contributed by atoms with Gasteiger partial charge in [-0.05, 0) is 68.4 Å². The lowest BCUT2D eigenvalue weighted by Gasteiger charge is -2.16. The molecule has 0 saturated heterocycles. The third kappa shape index (κ3) is 5.33. The fourth-order valence-corrected chi connectivity index (χ4v) is 4.54. The van der Waals surface area contributed by atoms with Crippen molar-refractivity contribution in [2.24, 2.45) is 0 Å². The van der Waals surface area contributed by atoms with Crippen molar-refractivity contribution in [3.05, 3.63) is 130 Å². The maximum atomic E-state index is 15.3. The standard InChI is InChI=1S/C31H23F2N7O4/c1-18(2)38-17-23(30(42)40(31(38)43)22-7-4-20(32)5-8-22)29(41)37-21-6-9-26(24(33)15-21)44-27-14-19(28-34-11-3-12-35-28)16-39-25(27)10-13-36-39/h3-18H,1-2H3,(H,37,41). The zero-order valence-corrected chi connectivity index (χ0v) is 23.3. The number of ether oxygens (including phenoxy) is 1. The van der Waals surface area contributed by atoms with Crippen LogP contribution in [0.5, 0.6) is 11.5 Å². The summed E-state index contributed by atoms with van der Waals surface area (Å²) in [6.07, 6.45) is 7.63. The molecule has 4 aromatic heterocycles. The van der Waals surface area contributed by atoms with Crippen LogP contribution in [0.25, 0.3) is 22.6 Å². The van der Waals surface area contributed by atoms with Crippen LogP contribution in [0, 0.1) is 11.6 Å². The molecule has 0 spiro atoms.